The van der Waals surface area contributed by atoms with Gasteiger partial charge in [0.1, 0.15) is 6.04 Å². The number of carbonyl (C=O) groups excluding carboxylic acids is 1. The van der Waals surface area contributed by atoms with Crippen LogP contribution in [0.3, 0.4) is 0 Å². The summed E-state index contributed by atoms with van der Waals surface area (Å²) in [5.74, 6) is -1.76. The molecule has 6 heteroatoms. The van der Waals surface area contributed by atoms with Crippen LogP contribution in [0.4, 0.5) is 8.78 Å². The molecule has 0 radical (unpaired) electrons. The Morgan fingerprint density at radius 2 is 1.94 bits per heavy atom. The Balaban J connectivity index is 2.97. The van der Waals surface area contributed by atoms with E-state index in [-0.39, 0.29) is 11.1 Å². The number of likely N-dealkylation sites (N-methyl/N-ethyl adjacent to an activating group) is 1. The van der Waals surface area contributed by atoms with Gasteiger partial charge in [-0.15, -0.1) is 0 Å². The van der Waals surface area contributed by atoms with Crippen LogP contribution in [0.15, 0.2) is 24.3 Å². The lowest BCUT2D eigenvalue weighted by molar-refractivity contribution is -0.141. The first kappa shape index (κ1) is 14.1. The van der Waals surface area contributed by atoms with E-state index in [4.69, 9.17) is 5.11 Å². The highest BCUT2D eigenvalue weighted by molar-refractivity contribution is 5.96. The van der Waals surface area contributed by atoms with Crippen LogP contribution in [-0.4, -0.2) is 35.0 Å². The summed E-state index contributed by atoms with van der Waals surface area (Å²) in [5, 5.41) is 8.78. The topological polar surface area (TPSA) is 57.6 Å². The second-order valence-corrected chi connectivity index (χ2v) is 3.86. The molecule has 1 unspecified atom stereocenters. The van der Waals surface area contributed by atoms with Crippen molar-refractivity contribution in [3.05, 3.63) is 35.4 Å². The molecule has 1 atom stereocenters. The van der Waals surface area contributed by atoms with Gasteiger partial charge in [0.2, 0.25) is 0 Å². The molecule has 98 valence electrons. The molecule has 0 saturated heterocycles. The number of hydrogen-bond acceptors (Lipinski definition) is 2. The number of aliphatic carboxylic acids is 1. The molecule has 1 rings (SSSR count). The summed E-state index contributed by atoms with van der Waals surface area (Å²) in [6.07, 6.45) is -2.67. The van der Waals surface area contributed by atoms with Crippen molar-refractivity contribution in [2.24, 2.45) is 0 Å². The van der Waals surface area contributed by atoms with Gasteiger partial charge in [0.05, 0.1) is 0 Å². The van der Waals surface area contributed by atoms with Gasteiger partial charge >= 0.3 is 5.97 Å². The molecule has 0 aliphatic carbocycles. The van der Waals surface area contributed by atoms with Crippen molar-refractivity contribution in [1.29, 1.82) is 0 Å². The predicted molar refractivity (Wildman–Crippen MR) is 60.6 cm³/mol. The third kappa shape index (κ3) is 3.03. The molecular weight excluding hydrogens is 244 g/mol. The van der Waals surface area contributed by atoms with Gasteiger partial charge in [-0.2, -0.15) is 0 Å². The van der Waals surface area contributed by atoms with E-state index in [2.05, 4.69) is 0 Å². The standard InChI is InChI=1S/C12H13F2NO3/c1-7(12(17)18)15(2)11(16)9-5-3-4-8(6-9)10(13)14/h3-7,10H,1-2H3,(H,17,18). The van der Waals surface area contributed by atoms with Crippen LogP contribution in [0.2, 0.25) is 0 Å². The smallest absolute Gasteiger partial charge is 0.326 e. The molecule has 0 saturated carbocycles. The Hall–Kier alpha value is -1.98. The molecule has 1 aromatic rings. The second kappa shape index (κ2) is 5.57. The van der Waals surface area contributed by atoms with Crippen LogP contribution in [0.1, 0.15) is 29.3 Å². The molecule has 4 nitrogen and oxygen atoms in total. The van der Waals surface area contributed by atoms with Crippen molar-refractivity contribution in [3.63, 3.8) is 0 Å². The minimum Gasteiger partial charge on any atom is -0.480 e. The summed E-state index contributed by atoms with van der Waals surface area (Å²) in [7, 11) is 1.32. The van der Waals surface area contributed by atoms with Crippen LogP contribution < -0.4 is 0 Å². The highest BCUT2D eigenvalue weighted by Gasteiger charge is 2.23. The number of carboxylic acids is 1. The van der Waals surface area contributed by atoms with Gasteiger partial charge in [-0.05, 0) is 19.1 Å². The number of benzene rings is 1. The third-order valence-corrected chi connectivity index (χ3v) is 2.64. The first-order chi connectivity index (χ1) is 8.34. The molecule has 0 heterocycles. The van der Waals surface area contributed by atoms with Crippen molar-refractivity contribution in [3.8, 4) is 0 Å². The molecule has 0 aliphatic rings. The van der Waals surface area contributed by atoms with Crippen molar-refractivity contribution in [2.75, 3.05) is 7.05 Å². The van der Waals surface area contributed by atoms with Gasteiger partial charge in [0.15, 0.2) is 0 Å². The largest absolute Gasteiger partial charge is 0.480 e. The number of nitrogens with zero attached hydrogens (tertiary/aromatic N) is 1. The van der Waals surface area contributed by atoms with Gasteiger partial charge in [-0.3, -0.25) is 4.79 Å². The fraction of sp³-hybridized carbons (Fsp3) is 0.333. The van der Waals surface area contributed by atoms with Crippen molar-refractivity contribution in [2.45, 2.75) is 19.4 Å². The van der Waals surface area contributed by atoms with E-state index in [0.29, 0.717) is 0 Å². The fourth-order valence-corrected chi connectivity index (χ4v) is 1.35. The zero-order valence-electron chi connectivity index (χ0n) is 9.93. The number of carboxylic acid groups (broad SMARTS) is 1. The van der Waals surface area contributed by atoms with Gasteiger partial charge in [-0.1, -0.05) is 12.1 Å². The summed E-state index contributed by atoms with van der Waals surface area (Å²) in [6, 6.07) is 3.97. The Kier molecular flexibility index (Phi) is 4.36. The Morgan fingerprint density at radius 1 is 1.33 bits per heavy atom. The first-order valence-corrected chi connectivity index (χ1v) is 5.22. The molecule has 1 N–H and O–H groups in total. The lowest BCUT2D eigenvalue weighted by Crippen LogP contribution is -2.40. The van der Waals surface area contributed by atoms with E-state index >= 15 is 0 Å². The molecule has 0 bridgehead atoms. The molecule has 0 aliphatic heterocycles. The van der Waals surface area contributed by atoms with Crippen LogP contribution >= 0.6 is 0 Å². The summed E-state index contributed by atoms with van der Waals surface area (Å²) in [6.45, 7) is 1.34. The van der Waals surface area contributed by atoms with E-state index in [1.165, 1.54) is 32.2 Å². The molecule has 0 aromatic heterocycles. The number of alkyl halides is 2. The normalized spacial score (nSPS) is 12.3. The zero-order valence-corrected chi connectivity index (χ0v) is 9.93. The highest BCUT2D eigenvalue weighted by atomic mass is 19.3. The quantitative estimate of drug-likeness (QED) is 0.899. The average molecular weight is 257 g/mol. The maximum atomic E-state index is 12.5. The first-order valence-electron chi connectivity index (χ1n) is 5.22. The number of halogens is 2. The maximum absolute atomic E-state index is 12.5. The summed E-state index contributed by atoms with van der Waals surface area (Å²) in [5.41, 5.74) is -0.222. The number of amides is 1. The van der Waals surface area contributed by atoms with Crippen molar-refractivity contribution < 1.29 is 23.5 Å². The summed E-state index contributed by atoms with van der Waals surface area (Å²) in [4.78, 5) is 23.6. The number of carbonyl (C=O) groups is 2. The molecular formula is C12H13F2NO3. The molecule has 18 heavy (non-hydrogen) atoms. The SMILES string of the molecule is CC(C(=O)O)N(C)C(=O)c1cccc(C(F)F)c1. The van der Waals surface area contributed by atoms with Gasteiger partial charge in [-0.25, -0.2) is 13.6 Å². The summed E-state index contributed by atoms with van der Waals surface area (Å²) < 4.78 is 25.0. The third-order valence-electron chi connectivity index (χ3n) is 2.64. The van der Waals surface area contributed by atoms with E-state index in [9.17, 15) is 18.4 Å². The second-order valence-electron chi connectivity index (χ2n) is 3.86. The molecule has 1 amide bonds. The van der Waals surface area contributed by atoms with E-state index in [1.807, 2.05) is 0 Å². The highest BCUT2D eigenvalue weighted by Crippen LogP contribution is 2.20. The molecule has 1 aromatic carbocycles. The molecule has 0 fully saturated rings. The number of rotatable bonds is 4. The van der Waals surface area contributed by atoms with Crippen molar-refractivity contribution in [1.82, 2.24) is 4.90 Å². The number of hydrogen-bond donors (Lipinski definition) is 1. The lowest BCUT2D eigenvalue weighted by Gasteiger charge is -2.21. The van der Waals surface area contributed by atoms with Crippen LogP contribution in [0.25, 0.3) is 0 Å². The lowest BCUT2D eigenvalue weighted by atomic mass is 10.1. The van der Waals surface area contributed by atoms with Gasteiger partial charge in [0, 0.05) is 18.2 Å². The van der Waals surface area contributed by atoms with Crippen LogP contribution in [-0.2, 0) is 4.79 Å². The molecule has 0 spiro atoms. The van der Waals surface area contributed by atoms with E-state index in [0.717, 1.165) is 11.0 Å². The average Bonchev–Trinajstić information content (AvgIpc) is 2.36. The minimum absolute atomic E-state index is 0.0448. The zero-order chi connectivity index (χ0) is 13.9. The van der Waals surface area contributed by atoms with Crippen LogP contribution in [0, 0.1) is 0 Å². The monoisotopic (exact) mass is 257 g/mol. The van der Waals surface area contributed by atoms with Crippen molar-refractivity contribution >= 4 is 11.9 Å². The Bertz CT molecular complexity index is 462. The van der Waals surface area contributed by atoms with E-state index in [1.54, 1.807) is 0 Å². The predicted octanol–water partition coefficient (Wildman–Crippen LogP) is 2.17. The minimum atomic E-state index is -2.67. The van der Waals surface area contributed by atoms with Gasteiger partial charge < -0.3 is 10.0 Å². The van der Waals surface area contributed by atoms with Gasteiger partial charge in [0.25, 0.3) is 12.3 Å². The summed E-state index contributed by atoms with van der Waals surface area (Å²) >= 11 is 0. The fourth-order valence-electron chi connectivity index (χ4n) is 1.35. The Labute approximate surface area is 103 Å². The van der Waals surface area contributed by atoms with Crippen LogP contribution in [0.5, 0.6) is 0 Å². The maximum Gasteiger partial charge on any atom is 0.326 e. The Morgan fingerprint density at radius 3 is 2.44 bits per heavy atom. The van der Waals surface area contributed by atoms with E-state index < -0.39 is 24.3 Å².